The van der Waals surface area contributed by atoms with Gasteiger partial charge in [-0.05, 0) is 19.4 Å². The van der Waals surface area contributed by atoms with Crippen LogP contribution >= 0.6 is 11.6 Å². The van der Waals surface area contributed by atoms with E-state index < -0.39 is 0 Å². The predicted molar refractivity (Wildman–Crippen MR) is 72.9 cm³/mol. The van der Waals surface area contributed by atoms with Gasteiger partial charge in [0.15, 0.2) is 5.65 Å². The molecule has 90 valence electrons. The van der Waals surface area contributed by atoms with E-state index in [1.807, 2.05) is 50.2 Å². The molecular weight excluding hydrogens is 246 g/mol. The van der Waals surface area contributed by atoms with Crippen LogP contribution < -0.4 is 0 Å². The summed E-state index contributed by atoms with van der Waals surface area (Å²) in [5.74, 6) is 0. The van der Waals surface area contributed by atoms with Gasteiger partial charge in [-0.15, -0.1) is 0 Å². The maximum atomic E-state index is 6.46. The van der Waals surface area contributed by atoms with Crippen LogP contribution in [0, 0.1) is 13.8 Å². The number of benzene rings is 1. The summed E-state index contributed by atoms with van der Waals surface area (Å²) in [6, 6.07) is 11.9. The SMILES string of the molecule is Cc1cc2nc(C)c(-c3ccccc3)c(Cl)n2n1. The summed E-state index contributed by atoms with van der Waals surface area (Å²) in [6.45, 7) is 3.90. The molecule has 0 fully saturated rings. The molecule has 0 aliphatic rings. The highest BCUT2D eigenvalue weighted by molar-refractivity contribution is 6.32. The van der Waals surface area contributed by atoms with Gasteiger partial charge in [-0.1, -0.05) is 41.9 Å². The lowest BCUT2D eigenvalue weighted by molar-refractivity contribution is 0.912. The van der Waals surface area contributed by atoms with Crippen LogP contribution in [0.15, 0.2) is 36.4 Å². The van der Waals surface area contributed by atoms with Gasteiger partial charge in [0.05, 0.1) is 11.4 Å². The molecule has 0 spiro atoms. The van der Waals surface area contributed by atoms with Crippen molar-refractivity contribution in [3.8, 4) is 11.1 Å². The molecule has 1 aromatic carbocycles. The average Bonchev–Trinajstić information content (AvgIpc) is 2.71. The highest BCUT2D eigenvalue weighted by Gasteiger charge is 2.13. The molecule has 3 nitrogen and oxygen atoms in total. The van der Waals surface area contributed by atoms with Crippen LogP contribution in [0.1, 0.15) is 11.4 Å². The van der Waals surface area contributed by atoms with Gasteiger partial charge >= 0.3 is 0 Å². The van der Waals surface area contributed by atoms with Gasteiger partial charge in [-0.25, -0.2) is 9.50 Å². The van der Waals surface area contributed by atoms with Gasteiger partial charge in [-0.2, -0.15) is 5.10 Å². The number of rotatable bonds is 1. The standard InChI is InChI=1S/C14H12ClN3/c1-9-8-12-16-10(2)13(14(15)18(12)17-9)11-6-4-3-5-7-11/h3-8H,1-2H3. The summed E-state index contributed by atoms with van der Waals surface area (Å²) in [7, 11) is 0. The molecule has 3 rings (SSSR count). The molecule has 0 radical (unpaired) electrons. The molecule has 0 aliphatic carbocycles. The van der Waals surface area contributed by atoms with Crippen molar-refractivity contribution >= 4 is 17.2 Å². The largest absolute Gasteiger partial charge is 0.233 e. The maximum Gasteiger partial charge on any atom is 0.157 e. The first-order chi connectivity index (χ1) is 8.66. The third-order valence-electron chi connectivity index (χ3n) is 2.91. The molecule has 3 aromatic rings. The lowest BCUT2D eigenvalue weighted by atomic mass is 10.1. The Morgan fingerprint density at radius 1 is 1.11 bits per heavy atom. The van der Waals surface area contributed by atoms with Gasteiger partial charge < -0.3 is 0 Å². The van der Waals surface area contributed by atoms with Crippen molar-refractivity contribution in [1.82, 2.24) is 14.6 Å². The Morgan fingerprint density at radius 3 is 2.56 bits per heavy atom. The van der Waals surface area contributed by atoms with Crippen LogP contribution in [0.4, 0.5) is 0 Å². The Balaban J connectivity index is 2.36. The first-order valence-corrected chi connectivity index (χ1v) is 6.12. The third-order valence-corrected chi connectivity index (χ3v) is 3.26. The topological polar surface area (TPSA) is 30.2 Å². The van der Waals surface area contributed by atoms with Crippen molar-refractivity contribution in [2.45, 2.75) is 13.8 Å². The number of hydrogen-bond donors (Lipinski definition) is 0. The molecule has 0 amide bonds. The fourth-order valence-electron chi connectivity index (χ4n) is 2.13. The lowest BCUT2D eigenvalue weighted by Crippen LogP contribution is -1.99. The summed E-state index contributed by atoms with van der Waals surface area (Å²) in [5.41, 5.74) is 4.61. The van der Waals surface area contributed by atoms with E-state index in [1.54, 1.807) is 4.52 Å². The third kappa shape index (κ3) is 1.68. The normalized spacial score (nSPS) is 11.1. The minimum absolute atomic E-state index is 0.608. The minimum Gasteiger partial charge on any atom is -0.233 e. The van der Waals surface area contributed by atoms with Crippen molar-refractivity contribution < 1.29 is 0 Å². The fourth-order valence-corrected chi connectivity index (χ4v) is 2.50. The molecule has 2 heterocycles. The van der Waals surface area contributed by atoms with Crippen LogP contribution in [0.3, 0.4) is 0 Å². The van der Waals surface area contributed by atoms with E-state index >= 15 is 0 Å². The Hall–Kier alpha value is -1.87. The van der Waals surface area contributed by atoms with E-state index in [-0.39, 0.29) is 0 Å². The quantitative estimate of drug-likeness (QED) is 0.623. The second-order valence-corrected chi connectivity index (χ2v) is 4.64. The minimum atomic E-state index is 0.608. The van der Waals surface area contributed by atoms with Crippen molar-refractivity contribution in [3.63, 3.8) is 0 Å². The second-order valence-electron chi connectivity index (χ2n) is 4.28. The summed E-state index contributed by atoms with van der Waals surface area (Å²) in [4.78, 5) is 4.55. The van der Waals surface area contributed by atoms with Crippen molar-refractivity contribution in [2.24, 2.45) is 0 Å². The molecule has 0 atom stereocenters. The summed E-state index contributed by atoms with van der Waals surface area (Å²) < 4.78 is 1.69. The molecule has 18 heavy (non-hydrogen) atoms. The monoisotopic (exact) mass is 257 g/mol. The van der Waals surface area contributed by atoms with Gasteiger partial charge in [0, 0.05) is 11.6 Å². The molecule has 0 unspecified atom stereocenters. The highest BCUT2D eigenvalue weighted by Crippen LogP contribution is 2.30. The first-order valence-electron chi connectivity index (χ1n) is 5.75. The van der Waals surface area contributed by atoms with Crippen molar-refractivity contribution in [2.75, 3.05) is 0 Å². The van der Waals surface area contributed by atoms with Crippen LogP contribution in [0.5, 0.6) is 0 Å². The first kappa shape index (κ1) is 11.2. The molecule has 4 heteroatoms. The maximum absolute atomic E-state index is 6.46. The van der Waals surface area contributed by atoms with Gasteiger partial charge in [0.1, 0.15) is 5.15 Å². The molecular formula is C14H12ClN3. The smallest absolute Gasteiger partial charge is 0.157 e. The Kier molecular flexibility index (Phi) is 2.56. The molecule has 2 aromatic heterocycles. The number of aryl methyl sites for hydroxylation is 2. The zero-order valence-electron chi connectivity index (χ0n) is 10.2. The predicted octanol–water partition coefficient (Wildman–Crippen LogP) is 3.67. The number of nitrogens with zero attached hydrogens (tertiary/aromatic N) is 3. The molecule has 0 saturated carbocycles. The van der Waals surface area contributed by atoms with Crippen molar-refractivity contribution in [3.05, 3.63) is 52.9 Å². The van der Waals surface area contributed by atoms with E-state index in [2.05, 4.69) is 10.1 Å². The van der Waals surface area contributed by atoms with E-state index in [4.69, 9.17) is 11.6 Å². The average molecular weight is 258 g/mol. The summed E-state index contributed by atoms with van der Waals surface area (Å²) in [5, 5.41) is 4.97. The molecule has 0 bridgehead atoms. The zero-order chi connectivity index (χ0) is 12.7. The fraction of sp³-hybridized carbons (Fsp3) is 0.143. The van der Waals surface area contributed by atoms with Gasteiger partial charge in [0.25, 0.3) is 0 Å². The summed E-state index contributed by atoms with van der Waals surface area (Å²) >= 11 is 6.46. The van der Waals surface area contributed by atoms with E-state index in [1.165, 1.54) is 0 Å². The molecule has 0 saturated heterocycles. The number of halogens is 1. The van der Waals surface area contributed by atoms with E-state index in [0.29, 0.717) is 5.15 Å². The molecule has 0 aliphatic heterocycles. The summed E-state index contributed by atoms with van der Waals surface area (Å²) in [6.07, 6.45) is 0. The number of aromatic nitrogens is 3. The van der Waals surface area contributed by atoms with Gasteiger partial charge in [0.2, 0.25) is 0 Å². The highest BCUT2D eigenvalue weighted by atomic mass is 35.5. The number of fused-ring (bicyclic) bond motifs is 1. The van der Waals surface area contributed by atoms with Crippen LogP contribution in [-0.2, 0) is 0 Å². The van der Waals surface area contributed by atoms with E-state index in [9.17, 15) is 0 Å². The Bertz CT molecular complexity index is 717. The van der Waals surface area contributed by atoms with Gasteiger partial charge in [-0.3, -0.25) is 0 Å². The Labute approximate surface area is 110 Å². The van der Waals surface area contributed by atoms with Crippen molar-refractivity contribution in [1.29, 1.82) is 0 Å². The van der Waals surface area contributed by atoms with Crippen LogP contribution in [0.2, 0.25) is 5.15 Å². The Morgan fingerprint density at radius 2 is 1.83 bits per heavy atom. The van der Waals surface area contributed by atoms with Crippen LogP contribution in [-0.4, -0.2) is 14.6 Å². The second kappa shape index (κ2) is 4.10. The van der Waals surface area contributed by atoms with E-state index in [0.717, 1.165) is 28.2 Å². The molecule has 0 N–H and O–H groups in total. The zero-order valence-corrected chi connectivity index (χ0v) is 10.9. The number of hydrogen-bond acceptors (Lipinski definition) is 2. The van der Waals surface area contributed by atoms with Crippen LogP contribution in [0.25, 0.3) is 16.8 Å². The lowest BCUT2D eigenvalue weighted by Gasteiger charge is -2.09.